The van der Waals surface area contributed by atoms with Crippen LogP contribution in [0.2, 0.25) is 0 Å². The van der Waals surface area contributed by atoms with Crippen LogP contribution in [0.25, 0.3) is 38.4 Å². The Bertz CT molecular complexity index is 2680. The van der Waals surface area contributed by atoms with Gasteiger partial charge in [0.05, 0.1) is 16.6 Å². The Balaban J connectivity index is 1.38. The van der Waals surface area contributed by atoms with E-state index in [-0.39, 0.29) is 0 Å². The lowest BCUT2D eigenvalue weighted by Gasteiger charge is -2.22. The Labute approximate surface area is 284 Å². The molecular weight excluding hydrogens is 638 g/mol. The summed E-state index contributed by atoms with van der Waals surface area (Å²) < 4.78 is 33.3. The molecule has 49 heavy (non-hydrogen) atoms. The fourth-order valence-corrected chi connectivity index (χ4v) is 12.8. The van der Waals surface area contributed by atoms with Gasteiger partial charge in [0.25, 0.3) is 0 Å². The van der Waals surface area contributed by atoms with Crippen molar-refractivity contribution < 1.29 is 9.13 Å². The normalized spacial score (nSPS) is 12.2. The third-order valence-electron chi connectivity index (χ3n) is 9.52. The van der Waals surface area contributed by atoms with Crippen molar-refractivity contribution >= 4 is 84.5 Å². The number of hydrogen-bond acceptors (Lipinski definition) is 3. The lowest BCUT2D eigenvalue weighted by Crippen LogP contribution is -2.26. The maximum Gasteiger partial charge on any atom is 0.173 e. The van der Waals surface area contributed by atoms with Crippen LogP contribution < -0.4 is 31.8 Å². The summed E-state index contributed by atoms with van der Waals surface area (Å²) in [5, 5.41) is 7.55. The van der Waals surface area contributed by atoms with Gasteiger partial charge in [-0.2, -0.15) is 0 Å². The molecule has 0 radical (unpaired) electrons. The highest BCUT2D eigenvalue weighted by Crippen LogP contribution is 2.46. The summed E-state index contributed by atoms with van der Waals surface area (Å²) in [5.41, 5.74) is 3.31. The third-order valence-corrected chi connectivity index (χ3v) is 15.7. The Morgan fingerprint density at radius 1 is 0.408 bits per heavy atom. The van der Waals surface area contributed by atoms with Crippen LogP contribution in [0.4, 0.5) is 0 Å². The van der Waals surface area contributed by atoms with Gasteiger partial charge < -0.3 is 9.13 Å². The van der Waals surface area contributed by atoms with E-state index >= 15 is 9.13 Å². The summed E-state index contributed by atoms with van der Waals surface area (Å²) in [5.74, 6) is 0. The predicted octanol–water partition coefficient (Wildman–Crippen LogP) is 8.07. The summed E-state index contributed by atoms with van der Waals surface area (Å²) in [7, 11) is -6.54. The highest BCUT2D eigenvalue weighted by atomic mass is 31.2. The molecule has 0 bridgehead atoms. The van der Waals surface area contributed by atoms with Crippen LogP contribution in [0.3, 0.4) is 0 Å². The number of rotatable bonds is 6. The molecule has 234 valence electrons. The SMILES string of the molecule is O=P(c1ccccc1)(c1ccccc1)c1ccc2c(c1)c1ccccc1n1c2nc2cccc(P(=O)(c3ccccc3)c3ccccc3)c21. The van der Waals surface area contributed by atoms with Crippen LogP contribution >= 0.6 is 14.3 Å². The molecule has 6 heteroatoms. The number of pyridine rings is 1. The van der Waals surface area contributed by atoms with Gasteiger partial charge in [0, 0.05) is 42.6 Å². The first kappa shape index (κ1) is 29.6. The van der Waals surface area contributed by atoms with E-state index in [1.165, 1.54) is 0 Å². The first-order valence-electron chi connectivity index (χ1n) is 16.3. The number of aromatic nitrogens is 2. The summed E-state index contributed by atoms with van der Waals surface area (Å²) in [6.45, 7) is 0. The van der Waals surface area contributed by atoms with Gasteiger partial charge >= 0.3 is 0 Å². The number of hydrogen-bond donors (Lipinski definition) is 0. The molecule has 2 aromatic heterocycles. The summed E-state index contributed by atoms with van der Waals surface area (Å²) in [6, 6.07) is 59.4. The van der Waals surface area contributed by atoms with Crippen molar-refractivity contribution in [1.29, 1.82) is 0 Å². The van der Waals surface area contributed by atoms with Crippen molar-refractivity contribution in [2.24, 2.45) is 0 Å². The molecule has 0 saturated heterocycles. The van der Waals surface area contributed by atoms with Crippen LogP contribution in [-0.2, 0) is 9.13 Å². The van der Waals surface area contributed by atoms with E-state index < -0.39 is 14.3 Å². The molecule has 0 aliphatic rings. The molecule has 0 aliphatic heterocycles. The van der Waals surface area contributed by atoms with Crippen LogP contribution in [0.1, 0.15) is 0 Å². The monoisotopic (exact) mass is 668 g/mol. The maximum atomic E-state index is 15.7. The number of fused-ring (bicyclic) bond motifs is 8. The van der Waals surface area contributed by atoms with Gasteiger partial charge in [-0.15, -0.1) is 0 Å². The smallest absolute Gasteiger partial charge is 0.173 e. The van der Waals surface area contributed by atoms with Gasteiger partial charge in [0.1, 0.15) is 5.65 Å². The van der Waals surface area contributed by atoms with Gasteiger partial charge in [-0.1, -0.05) is 152 Å². The lowest BCUT2D eigenvalue weighted by atomic mass is 10.1. The van der Waals surface area contributed by atoms with E-state index in [0.717, 1.165) is 70.2 Å². The number of para-hydroxylation sites is 2. The second kappa shape index (κ2) is 11.6. The Morgan fingerprint density at radius 2 is 0.918 bits per heavy atom. The zero-order chi connectivity index (χ0) is 33.0. The molecule has 0 fully saturated rings. The molecule has 0 aliphatic carbocycles. The van der Waals surface area contributed by atoms with E-state index in [1.807, 2.05) is 158 Å². The first-order chi connectivity index (χ1) is 24.1. The summed E-state index contributed by atoms with van der Waals surface area (Å²) >= 11 is 0. The Morgan fingerprint density at radius 3 is 1.49 bits per heavy atom. The minimum absolute atomic E-state index is 0.744. The molecular formula is C43H30N2O2P2. The Kier molecular flexibility index (Phi) is 6.99. The largest absolute Gasteiger partial charge is 0.309 e. The van der Waals surface area contributed by atoms with Crippen LogP contribution in [0.15, 0.2) is 182 Å². The van der Waals surface area contributed by atoms with Crippen molar-refractivity contribution in [2.45, 2.75) is 0 Å². The second-order valence-corrected chi connectivity index (χ2v) is 17.7. The zero-order valence-electron chi connectivity index (χ0n) is 26.4. The van der Waals surface area contributed by atoms with Gasteiger partial charge in [-0.25, -0.2) is 4.98 Å². The number of benzene rings is 7. The van der Waals surface area contributed by atoms with Crippen molar-refractivity contribution in [2.75, 3.05) is 0 Å². The molecule has 0 N–H and O–H groups in total. The molecule has 0 unspecified atom stereocenters. The molecule has 0 saturated carbocycles. The molecule has 9 rings (SSSR count). The first-order valence-corrected chi connectivity index (χ1v) is 19.7. The molecule has 7 aromatic carbocycles. The lowest BCUT2D eigenvalue weighted by molar-refractivity contribution is 0.591. The average molecular weight is 669 g/mol. The van der Waals surface area contributed by atoms with Crippen molar-refractivity contribution in [3.63, 3.8) is 0 Å². The molecule has 9 aromatic rings. The highest BCUT2D eigenvalue weighted by Gasteiger charge is 2.34. The maximum absolute atomic E-state index is 15.7. The second-order valence-electron chi connectivity index (χ2n) is 12.2. The quantitative estimate of drug-likeness (QED) is 0.133. The number of imidazole rings is 1. The van der Waals surface area contributed by atoms with E-state index in [0.29, 0.717) is 0 Å². The Hall–Kier alpha value is -5.53. The topological polar surface area (TPSA) is 51.4 Å². The minimum Gasteiger partial charge on any atom is -0.309 e. The standard InChI is InChI=1S/C43H30N2O2P2/c46-48(31-16-5-1-6-17-31,32-18-7-2-8-19-32)35-28-29-37-38(30-35)36-24-13-14-26-40(36)45-42-39(44-43(37)45)25-15-27-41(42)49(47,33-20-9-3-10-21-33)34-22-11-4-12-23-34/h1-30H. The van der Waals surface area contributed by atoms with Crippen molar-refractivity contribution in [1.82, 2.24) is 9.38 Å². The van der Waals surface area contributed by atoms with Gasteiger partial charge in [0.15, 0.2) is 14.3 Å². The minimum atomic E-state index is -3.33. The number of nitrogens with zero attached hydrogens (tertiary/aromatic N) is 2. The van der Waals surface area contributed by atoms with Gasteiger partial charge in [0.2, 0.25) is 0 Å². The molecule has 0 amide bonds. The fourth-order valence-electron chi connectivity index (χ4n) is 7.25. The van der Waals surface area contributed by atoms with E-state index in [9.17, 15) is 0 Å². The molecule has 2 heterocycles. The van der Waals surface area contributed by atoms with Crippen LogP contribution in [0.5, 0.6) is 0 Å². The predicted molar refractivity (Wildman–Crippen MR) is 206 cm³/mol. The molecule has 0 atom stereocenters. The van der Waals surface area contributed by atoms with Gasteiger partial charge in [-0.05, 0) is 35.7 Å². The average Bonchev–Trinajstić information content (AvgIpc) is 3.59. The van der Waals surface area contributed by atoms with E-state index in [4.69, 9.17) is 4.98 Å². The van der Waals surface area contributed by atoms with Crippen molar-refractivity contribution in [3.8, 4) is 0 Å². The van der Waals surface area contributed by atoms with Gasteiger partial charge in [-0.3, -0.25) is 4.40 Å². The van der Waals surface area contributed by atoms with Crippen LogP contribution in [0, 0.1) is 0 Å². The summed E-state index contributed by atoms with van der Waals surface area (Å²) in [4.78, 5) is 5.24. The van der Waals surface area contributed by atoms with E-state index in [1.54, 1.807) is 0 Å². The van der Waals surface area contributed by atoms with E-state index in [2.05, 4.69) is 28.7 Å². The summed E-state index contributed by atoms with van der Waals surface area (Å²) in [6.07, 6.45) is 0. The third kappa shape index (κ3) is 4.49. The highest BCUT2D eigenvalue weighted by molar-refractivity contribution is 7.86. The van der Waals surface area contributed by atoms with Crippen LogP contribution in [-0.4, -0.2) is 9.38 Å². The van der Waals surface area contributed by atoms with Crippen molar-refractivity contribution in [3.05, 3.63) is 182 Å². The molecule has 4 nitrogen and oxygen atoms in total. The zero-order valence-corrected chi connectivity index (χ0v) is 28.2. The molecule has 0 spiro atoms. The fraction of sp³-hybridized carbons (Fsp3) is 0.